The van der Waals surface area contributed by atoms with Crippen LogP contribution in [0.3, 0.4) is 0 Å². The first-order chi connectivity index (χ1) is 13.0. The Labute approximate surface area is 161 Å². The molecule has 0 spiro atoms. The van der Waals surface area contributed by atoms with Gasteiger partial charge in [0.2, 0.25) is 0 Å². The smallest absolute Gasteiger partial charge is 0.311 e. The van der Waals surface area contributed by atoms with Gasteiger partial charge in [-0.3, -0.25) is 4.79 Å². The lowest BCUT2D eigenvalue weighted by atomic mass is 10.0. The molecule has 0 radical (unpaired) electrons. The van der Waals surface area contributed by atoms with Gasteiger partial charge in [-0.25, -0.2) is 4.39 Å². The largest absolute Gasteiger partial charge is 0.457 e. The predicted molar refractivity (Wildman–Crippen MR) is 101 cm³/mol. The molecular formula is C21H19ClFNO3. The van der Waals surface area contributed by atoms with Crippen molar-refractivity contribution in [2.24, 2.45) is 0 Å². The maximum Gasteiger partial charge on any atom is 0.311 e. The van der Waals surface area contributed by atoms with Crippen molar-refractivity contribution in [2.75, 3.05) is 0 Å². The van der Waals surface area contributed by atoms with E-state index in [1.165, 1.54) is 6.07 Å². The van der Waals surface area contributed by atoms with Gasteiger partial charge in [-0.2, -0.15) is 0 Å². The third-order valence-corrected chi connectivity index (χ3v) is 4.64. The summed E-state index contributed by atoms with van der Waals surface area (Å²) in [4.78, 5) is 12.4. The van der Waals surface area contributed by atoms with Crippen LogP contribution in [0.5, 0.6) is 0 Å². The average Bonchev–Trinajstić information content (AvgIpc) is 3.02. The second-order valence-electron chi connectivity index (χ2n) is 6.24. The van der Waals surface area contributed by atoms with Crippen LogP contribution in [-0.4, -0.2) is 11.1 Å². The van der Waals surface area contributed by atoms with Gasteiger partial charge in [0.1, 0.15) is 11.9 Å². The summed E-state index contributed by atoms with van der Waals surface area (Å²) in [6.07, 6.45) is -0.703. The molecule has 1 atom stereocenters. The van der Waals surface area contributed by atoms with E-state index in [0.717, 1.165) is 11.1 Å². The average molecular weight is 388 g/mol. The summed E-state index contributed by atoms with van der Waals surface area (Å²) in [6, 6.07) is 13.8. The summed E-state index contributed by atoms with van der Waals surface area (Å²) >= 11 is 5.82. The standard InChI is InChI=1S/C21H19ClFNO3/c1-13-18(21(27-24-13)16-9-7-15(12-22)8-10-16)11-20(25)26-14(2)17-5-3-4-6-19(17)23/h3-10,14H,11-12H2,1-2H3/t14-/m1/s1. The molecule has 27 heavy (non-hydrogen) atoms. The molecular weight excluding hydrogens is 369 g/mol. The minimum absolute atomic E-state index is 0.0132. The molecule has 1 aromatic heterocycles. The summed E-state index contributed by atoms with van der Waals surface area (Å²) in [7, 11) is 0. The molecule has 0 saturated carbocycles. The second kappa shape index (κ2) is 8.35. The number of alkyl halides is 1. The van der Waals surface area contributed by atoms with Crippen molar-refractivity contribution in [1.29, 1.82) is 0 Å². The molecule has 1 heterocycles. The van der Waals surface area contributed by atoms with E-state index in [-0.39, 0.29) is 6.42 Å². The zero-order chi connectivity index (χ0) is 19.4. The maximum absolute atomic E-state index is 13.9. The topological polar surface area (TPSA) is 52.3 Å². The van der Waals surface area contributed by atoms with Gasteiger partial charge >= 0.3 is 5.97 Å². The van der Waals surface area contributed by atoms with Crippen LogP contribution in [0.25, 0.3) is 11.3 Å². The van der Waals surface area contributed by atoms with E-state index in [1.807, 2.05) is 24.3 Å². The van der Waals surface area contributed by atoms with Crippen molar-refractivity contribution in [3.8, 4) is 11.3 Å². The molecule has 2 aromatic carbocycles. The monoisotopic (exact) mass is 387 g/mol. The third-order valence-electron chi connectivity index (χ3n) is 4.33. The molecule has 4 nitrogen and oxygen atoms in total. The molecule has 0 aliphatic heterocycles. The Balaban J connectivity index is 1.76. The molecule has 0 amide bonds. The van der Waals surface area contributed by atoms with Gasteiger partial charge in [0.25, 0.3) is 0 Å². The Bertz CT molecular complexity index is 937. The molecule has 0 saturated heterocycles. The number of carbonyl (C=O) groups excluding carboxylic acids is 1. The number of aromatic nitrogens is 1. The van der Waals surface area contributed by atoms with Crippen LogP contribution in [0, 0.1) is 12.7 Å². The molecule has 6 heteroatoms. The van der Waals surface area contributed by atoms with Gasteiger partial charge in [-0.1, -0.05) is 47.6 Å². The molecule has 140 valence electrons. The van der Waals surface area contributed by atoms with Crippen molar-refractivity contribution >= 4 is 17.6 Å². The first kappa shape index (κ1) is 19.1. The summed E-state index contributed by atoms with van der Waals surface area (Å²) in [5.74, 6) is 0.0573. The van der Waals surface area contributed by atoms with Crippen LogP contribution >= 0.6 is 11.6 Å². The highest BCUT2D eigenvalue weighted by Crippen LogP contribution is 2.28. The maximum atomic E-state index is 13.9. The van der Waals surface area contributed by atoms with Crippen LogP contribution < -0.4 is 0 Å². The molecule has 0 aliphatic carbocycles. The number of nitrogens with zero attached hydrogens (tertiary/aromatic N) is 1. The molecule has 0 unspecified atom stereocenters. The van der Waals surface area contributed by atoms with E-state index >= 15 is 0 Å². The van der Waals surface area contributed by atoms with Crippen molar-refractivity contribution in [1.82, 2.24) is 5.16 Å². The van der Waals surface area contributed by atoms with E-state index < -0.39 is 17.9 Å². The Hall–Kier alpha value is -2.66. The van der Waals surface area contributed by atoms with Gasteiger partial charge in [-0.15, -0.1) is 11.6 Å². The number of hydrogen-bond donors (Lipinski definition) is 0. The number of aryl methyl sites for hydroxylation is 1. The van der Waals surface area contributed by atoms with Crippen LogP contribution in [0.2, 0.25) is 0 Å². The number of benzene rings is 2. The summed E-state index contributed by atoms with van der Waals surface area (Å²) in [5, 5.41) is 3.97. The zero-order valence-electron chi connectivity index (χ0n) is 15.0. The first-order valence-corrected chi connectivity index (χ1v) is 9.07. The summed E-state index contributed by atoms with van der Waals surface area (Å²) in [6.45, 7) is 3.41. The number of halogens is 2. The number of esters is 1. The lowest BCUT2D eigenvalue weighted by Crippen LogP contribution is -2.13. The van der Waals surface area contributed by atoms with E-state index in [4.69, 9.17) is 20.9 Å². The van der Waals surface area contributed by atoms with Crippen LogP contribution in [-0.2, 0) is 21.8 Å². The fourth-order valence-corrected chi connectivity index (χ4v) is 3.00. The Morgan fingerprint density at radius 2 is 1.93 bits per heavy atom. The minimum atomic E-state index is -0.690. The SMILES string of the molecule is Cc1noc(-c2ccc(CCl)cc2)c1CC(=O)O[C@H](C)c1ccccc1F. The number of rotatable bonds is 6. The van der Waals surface area contributed by atoms with Crippen molar-refractivity contribution in [3.05, 3.63) is 76.7 Å². The number of hydrogen-bond acceptors (Lipinski definition) is 4. The fraction of sp³-hybridized carbons (Fsp3) is 0.238. The van der Waals surface area contributed by atoms with Gasteiger partial charge in [-0.05, 0) is 25.5 Å². The highest BCUT2D eigenvalue weighted by atomic mass is 35.5. The van der Waals surface area contributed by atoms with E-state index in [2.05, 4.69) is 5.16 Å². The zero-order valence-corrected chi connectivity index (χ0v) is 15.8. The number of carbonyl (C=O) groups is 1. The van der Waals surface area contributed by atoms with E-state index in [0.29, 0.717) is 28.5 Å². The second-order valence-corrected chi connectivity index (χ2v) is 6.50. The van der Waals surface area contributed by atoms with Gasteiger partial charge in [0.15, 0.2) is 5.76 Å². The summed E-state index contributed by atoms with van der Waals surface area (Å²) < 4.78 is 24.7. The van der Waals surface area contributed by atoms with Crippen molar-refractivity contribution in [2.45, 2.75) is 32.3 Å². The Morgan fingerprint density at radius 3 is 2.59 bits per heavy atom. The Kier molecular flexibility index (Phi) is 5.91. The predicted octanol–water partition coefficient (Wildman–Crippen LogP) is 5.37. The van der Waals surface area contributed by atoms with Crippen LogP contribution in [0.1, 0.15) is 35.4 Å². The molecule has 3 rings (SSSR count). The lowest BCUT2D eigenvalue weighted by molar-refractivity contribution is -0.147. The van der Waals surface area contributed by atoms with E-state index in [9.17, 15) is 9.18 Å². The summed E-state index contributed by atoms with van der Waals surface area (Å²) in [5.41, 5.74) is 3.39. The lowest BCUT2D eigenvalue weighted by Gasteiger charge is -2.14. The molecule has 0 N–H and O–H groups in total. The van der Waals surface area contributed by atoms with Crippen molar-refractivity contribution < 1.29 is 18.4 Å². The highest BCUT2D eigenvalue weighted by Gasteiger charge is 2.21. The quantitative estimate of drug-likeness (QED) is 0.421. The third kappa shape index (κ3) is 4.37. The molecule has 3 aromatic rings. The first-order valence-electron chi connectivity index (χ1n) is 8.54. The molecule has 0 aliphatic rings. The fourth-order valence-electron chi connectivity index (χ4n) is 2.82. The van der Waals surface area contributed by atoms with E-state index in [1.54, 1.807) is 32.0 Å². The van der Waals surface area contributed by atoms with Crippen LogP contribution in [0.4, 0.5) is 4.39 Å². The molecule has 0 bridgehead atoms. The minimum Gasteiger partial charge on any atom is -0.457 e. The van der Waals surface area contributed by atoms with Crippen LogP contribution in [0.15, 0.2) is 53.1 Å². The Morgan fingerprint density at radius 1 is 1.22 bits per heavy atom. The van der Waals surface area contributed by atoms with Gasteiger partial charge < -0.3 is 9.26 Å². The van der Waals surface area contributed by atoms with Crippen molar-refractivity contribution in [3.63, 3.8) is 0 Å². The van der Waals surface area contributed by atoms with Gasteiger partial charge in [0, 0.05) is 22.6 Å². The highest BCUT2D eigenvalue weighted by molar-refractivity contribution is 6.17. The molecule has 0 fully saturated rings. The number of ether oxygens (including phenoxy) is 1. The normalized spacial score (nSPS) is 12.0. The van der Waals surface area contributed by atoms with Gasteiger partial charge in [0.05, 0.1) is 12.1 Å².